The lowest BCUT2D eigenvalue weighted by Gasteiger charge is -2.11. The predicted molar refractivity (Wildman–Crippen MR) is 80.3 cm³/mol. The summed E-state index contributed by atoms with van der Waals surface area (Å²) in [4.78, 5) is 23.4. The Morgan fingerprint density at radius 1 is 1.29 bits per heavy atom. The number of hydrogen-bond acceptors (Lipinski definition) is 4. The van der Waals surface area contributed by atoms with Gasteiger partial charge in [0.1, 0.15) is 0 Å². The monoisotopic (exact) mass is 291 g/mol. The molecule has 0 aliphatic carbocycles. The van der Waals surface area contributed by atoms with Gasteiger partial charge in [0.25, 0.3) is 5.91 Å². The summed E-state index contributed by atoms with van der Waals surface area (Å²) in [7, 11) is 1.71. The predicted octanol–water partition coefficient (Wildman–Crippen LogP) is 0.753. The van der Waals surface area contributed by atoms with Crippen LogP contribution in [-0.4, -0.2) is 44.7 Å². The summed E-state index contributed by atoms with van der Waals surface area (Å²) in [5, 5.41) is 8.37. The summed E-state index contributed by atoms with van der Waals surface area (Å²) in [6.45, 7) is 1.57. The van der Waals surface area contributed by atoms with Crippen molar-refractivity contribution in [3.8, 4) is 0 Å². The first-order valence-corrected chi connectivity index (χ1v) is 7.13. The Balaban J connectivity index is 1.82. The number of anilines is 1. The van der Waals surface area contributed by atoms with E-state index in [1.165, 1.54) is 0 Å². The van der Waals surface area contributed by atoms with E-state index in [-0.39, 0.29) is 24.5 Å². The van der Waals surface area contributed by atoms with Crippen molar-refractivity contribution in [2.24, 2.45) is 0 Å². The normalized spacial score (nSPS) is 17.5. The number of amides is 2. The third-order valence-electron chi connectivity index (χ3n) is 3.28. The van der Waals surface area contributed by atoms with Crippen molar-refractivity contribution in [1.29, 1.82) is 0 Å². The van der Waals surface area contributed by atoms with Crippen molar-refractivity contribution in [2.45, 2.75) is 18.9 Å². The van der Waals surface area contributed by atoms with Crippen LogP contribution in [0.4, 0.5) is 5.69 Å². The van der Waals surface area contributed by atoms with Crippen LogP contribution in [0.3, 0.4) is 0 Å². The number of carbonyl (C=O) groups excluding carboxylic acids is 2. The number of likely N-dealkylation sites (N-methyl/N-ethyl adjacent to an activating group) is 1. The molecule has 6 heteroatoms. The Labute approximate surface area is 124 Å². The van der Waals surface area contributed by atoms with Crippen molar-refractivity contribution in [1.82, 2.24) is 10.6 Å². The van der Waals surface area contributed by atoms with Crippen LogP contribution in [0.1, 0.15) is 23.2 Å². The molecule has 0 aromatic heterocycles. The molecule has 1 fully saturated rings. The molecule has 1 aliphatic rings. The number of ether oxygens (including phenoxy) is 1. The fraction of sp³-hybridized carbons (Fsp3) is 0.467. The summed E-state index contributed by atoms with van der Waals surface area (Å²) in [6.07, 6.45) is 2.19. The van der Waals surface area contributed by atoms with E-state index >= 15 is 0 Å². The molecule has 1 aromatic carbocycles. The van der Waals surface area contributed by atoms with Crippen molar-refractivity contribution in [3.05, 3.63) is 29.8 Å². The molecule has 1 unspecified atom stereocenters. The van der Waals surface area contributed by atoms with Crippen LogP contribution in [0, 0.1) is 0 Å². The zero-order valence-electron chi connectivity index (χ0n) is 12.1. The van der Waals surface area contributed by atoms with Crippen molar-refractivity contribution < 1.29 is 14.3 Å². The van der Waals surface area contributed by atoms with E-state index in [9.17, 15) is 9.59 Å². The molecular weight excluding hydrogens is 270 g/mol. The summed E-state index contributed by atoms with van der Waals surface area (Å²) < 4.78 is 5.46. The van der Waals surface area contributed by atoms with Gasteiger partial charge in [0.15, 0.2) is 0 Å². The molecule has 1 heterocycles. The van der Waals surface area contributed by atoms with Crippen molar-refractivity contribution in [3.63, 3.8) is 0 Å². The van der Waals surface area contributed by atoms with E-state index in [1.54, 1.807) is 31.3 Å². The molecule has 2 amide bonds. The lowest BCUT2D eigenvalue weighted by Crippen LogP contribution is -2.31. The molecule has 114 valence electrons. The average Bonchev–Trinajstić information content (AvgIpc) is 2.99. The van der Waals surface area contributed by atoms with Crippen molar-refractivity contribution >= 4 is 17.5 Å². The first kappa shape index (κ1) is 15.5. The van der Waals surface area contributed by atoms with Gasteiger partial charge in [-0.15, -0.1) is 0 Å². The Morgan fingerprint density at radius 2 is 2.05 bits per heavy atom. The smallest absolute Gasteiger partial charge is 0.251 e. The molecule has 1 aromatic rings. The zero-order valence-corrected chi connectivity index (χ0v) is 12.1. The number of benzene rings is 1. The third kappa shape index (κ3) is 4.84. The van der Waals surface area contributed by atoms with Gasteiger partial charge in [-0.05, 0) is 44.2 Å². The van der Waals surface area contributed by atoms with E-state index < -0.39 is 0 Å². The van der Waals surface area contributed by atoms with Crippen molar-refractivity contribution in [2.75, 3.05) is 32.1 Å². The minimum Gasteiger partial charge on any atom is -0.376 e. The van der Waals surface area contributed by atoms with E-state index in [4.69, 9.17) is 4.74 Å². The van der Waals surface area contributed by atoms with Crippen LogP contribution < -0.4 is 16.0 Å². The Bertz CT molecular complexity index is 481. The van der Waals surface area contributed by atoms with E-state index in [0.717, 1.165) is 19.4 Å². The number of nitrogens with one attached hydrogen (secondary N) is 3. The van der Waals surface area contributed by atoms with E-state index in [1.807, 2.05) is 0 Å². The van der Waals surface area contributed by atoms with Crippen LogP contribution in [0.2, 0.25) is 0 Å². The van der Waals surface area contributed by atoms with Gasteiger partial charge in [-0.3, -0.25) is 9.59 Å². The SMILES string of the molecule is CNCC(=O)Nc1ccc(C(=O)NCC2CCCO2)cc1. The molecule has 3 N–H and O–H groups in total. The van der Waals surface area contributed by atoms with Crippen LogP contribution >= 0.6 is 0 Å². The lowest BCUT2D eigenvalue weighted by atomic mass is 10.2. The molecule has 0 saturated carbocycles. The molecule has 1 aliphatic heterocycles. The topological polar surface area (TPSA) is 79.5 Å². The second-order valence-corrected chi connectivity index (χ2v) is 5.00. The summed E-state index contributed by atoms with van der Waals surface area (Å²) in [6, 6.07) is 6.82. The first-order chi connectivity index (χ1) is 10.2. The van der Waals surface area contributed by atoms with Crippen LogP contribution in [0.25, 0.3) is 0 Å². The van der Waals surface area contributed by atoms with Gasteiger partial charge < -0.3 is 20.7 Å². The number of carbonyl (C=O) groups is 2. The molecular formula is C15H21N3O3. The summed E-state index contributed by atoms with van der Waals surface area (Å²) >= 11 is 0. The molecule has 0 bridgehead atoms. The highest BCUT2D eigenvalue weighted by molar-refractivity contribution is 5.96. The Kier molecular flexibility index (Phi) is 5.71. The molecule has 1 saturated heterocycles. The van der Waals surface area contributed by atoms with Gasteiger partial charge in [0.2, 0.25) is 5.91 Å². The maximum absolute atomic E-state index is 12.0. The fourth-order valence-electron chi connectivity index (χ4n) is 2.18. The minimum atomic E-state index is -0.126. The summed E-state index contributed by atoms with van der Waals surface area (Å²) in [5.41, 5.74) is 1.24. The third-order valence-corrected chi connectivity index (χ3v) is 3.28. The molecule has 0 radical (unpaired) electrons. The maximum Gasteiger partial charge on any atom is 0.251 e. The standard InChI is InChI=1S/C15H21N3O3/c1-16-10-14(19)18-12-6-4-11(5-7-12)15(20)17-9-13-3-2-8-21-13/h4-7,13,16H,2-3,8-10H2,1H3,(H,17,20)(H,18,19). The lowest BCUT2D eigenvalue weighted by molar-refractivity contribution is -0.115. The van der Waals surface area contributed by atoms with Gasteiger partial charge in [-0.2, -0.15) is 0 Å². The largest absolute Gasteiger partial charge is 0.376 e. The minimum absolute atomic E-state index is 0.118. The highest BCUT2D eigenvalue weighted by Crippen LogP contribution is 2.12. The fourth-order valence-corrected chi connectivity index (χ4v) is 2.18. The highest BCUT2D eigenvalue weighted by Gasteiger charge is 2.16. The molecule has 1 atom stereocenters. The Hall–Kier alpha value is -1.92. The van der Waals surface area contributed by atoms with E-state index in [0.29, 0.717) is 17.8 Å². The second kappa shape index (κ2) is 7.75. The quantitative estimate of drug-likeness (QED) is 0.723. The highest BCUT2D eigenvalue weighted by atomic mass is 16.5. The van der Waals surface area contributed by atoms with Gasteiger partial charge in [-0.25, -0.2) is 0 Å². The van der Waals surface area contributed by atoms with Gasteiger partial charge in [-0.1, -0.05) is 0 Å². The molecule has 21 heavy (non-hydrogen) atoms. The second-order valence-electron chi connectivity index (χ2n) is 5.00. The van der Waals surface area contributed by atoms with Gasteiger partial charge in [0, 0.05) is 24.4 Å². The van der Waals surface area contributed by atoms with Gasteiger partial charge >= 0.3 is 0 Å². The van der Waals surface area contributed by atoms with Crippen LogP contribution in [-0.2, 0) is 9.53 Å². The first-order valence-electron chi connectivity index (χ1n) is 7.13. The Morgan fingerprint density at radius 3 is 2.67 bits per heavy atom. The number of hydrogen-bond donors (Lipinski definition) is 3. The molecule has 2 rings (SSSR count). The number of rotatable bonds is 6. The van der Waals surface area contributed by atoms with E-state index in [2.05, 4.69) is 16.0 Å². The van der Waals surface area contributed by atoms with Crippen LogP contribution in [0.15, 0.2) is 24.3 Å². The average molecular weight is 291 g/mol. The maximum atomic E-state index is 12.0. The summed E-state index contributed by atoms with van der Waals surface area (Å²) in [5.74, 6) is -0.244. The molecule has 6 nitrogen and oxygen atoms in total. The van der Waals surface area contributed by atoms with Crippen LogP contribution in [0.5, 0.6) is 0 Å². The zero-order chi connectivity index (χ0) is 15.1. The molecule has 0 spiro atoms. The van der Waals surface area contributed by atoms with Gasteiger partial charge in [0.05, 0.1) is 12.6 Å².